The minimum atomic E-state index is -0.396. The van der Waals surface area contributed by atoms with Crippen LogP contribution in [0, 0.1) is 0 Å². The highest BCUT2D eigenvalue weighted by Crippen LogP contribution is 2.21. The number of hydrogen-bond donors (Lipinski definition) is 1. The van der Waals surface area contributed by atoms with Gasteiger partial charge in [-0.2, -0.15) is 0 Å². The molecule has 0 aromatic carbocycles. The van der Waals surface area contributed by atoms with Crippen LogP contribution in [-0.2, 0) is 4.74 Å². The number of nitrogens with zero attached hydrogens (tertiary/aromatic N) is 1. The molecule has 0 fully saturated rings. The van der Waals surface area contributed by atoms with Gasteiger partial charge >= 0.3 is 5.97 Å². The summed E-state index contributed by atoms with van der Waals surface area (Å²) in [6.07, 6.45) is 1.78. The standard InChI is InChI=1S/C10H9BrN2O2/c1-2-15-10(14)8-4-3-7-9(13-8)6(11)5-12-7/h3-5,12H,2H2,1H3. The summed E-state index contributed by atoms with van der Waals surface area (Å²) in [5, 5.41) is 0. The number of aromatic nitrogens is 2. The molecule has 2 rings (SSSR count). The van der Waals surface area contributed by atoms with E-state index in [2.05, 4.69) is 25.9 Å². The van der Waals surface area contributed by atoms with Crippen molar-refractivity contribution >= 4 is 32.9 Å². The molecule has 0 spiro atoms. The summed E-state index contributed by atoms with van der Waals surface area (Å²) in [6.45, 7) is 2.12. The van der Waals surface area contributed by atoms with Gasteiger partial charge in [0.2, 0.25) is 0 Å². The molecular weight excluding hydrogens is 260 g/mol. The number of carbonyl (C=O) groups is 1. The second-order valence-electron chi connectivity index (χ2n) is 2.95. The Balaban J connectivity index is 2.45. The quantitative estimate of drug-likeness (QED) is 0.852. The van der Waals surface area contributed by atoms with Crippen LogP contribution in [0.2, 0.25) is 0 Å². The Morgan fingerprint density at radius 1 is 1.60 bits per heavy atom. The number of nitrogens with one attached hydrogen (secondary N) is 1. The minimum Gasteiger partial charge on any atom is -0.461 e. The van der Waals surface area contributed by atoms with Gasteiger partial charge in [0, 0.05) is 6.20 Å². The molecule has 0 saturated heterocycles. The molecule has 0 unspecified atom stereocenters. The predicted octanol–water partition coefficient (Wildman–Crippen LogP) is 2.50. The summed E-state index contributed by atoms with van der Waals surface area (Å²) in [7, 11) is 0. The average molecular weight is 269 g/mol. The third-order valence-electron chi connectivity index (χ3n) is 1.96. The van der Waals surface area contributed by atoms with E-state index in [9.17, 15) is 4.79 Å². The molecular formula is C10H9BrN2O2. The fraction of sp³-hybridized carbons (Fsp3) is 0.200. The summed E-state index contributed by atoms with van der Waals surface area (Å²) in [6, 6.07) is 3.45. The number of pyridine rings is 1. The van der Waals surface area contributed by atoms with E-state index in [1.807, 2.05) is 0 Å². The molecule has 2 aromatic rings. The number of aromatic amines is 1. The van der Waals surface area contributed by atoms with Gasteiger partial charge in [0.05, 0.1) is 16.6 Å². The van der Waals surface area contributed by atoms with Crippen LogP contribution in [-0.4, -0.2) is 22.5 Å². The Hall–Kier alpha value is -1.36. The molecule has 5 heteroatoms. The van der Waals surface area contributed by atoms with Crippen molar-refractivity contribution in [2.24, 2.45) is 0 Å². The number of H-pyrrole nitrogens is 1. The maximum absolute atomic E-state index is 11.4. The van der Waals surface area contributed by atoms with Gasteiger partial charge < -0.3 is 9.72 Å². The van der Waals surface area contributed by atoms with E-state index in [4.69, 9.17) is 4.74 Å². The first-order valence-electron chi connectivity index (χ1n) is 4.53. The number of halogens is 1. The van der Waals surface area contributed by atoms with Crippen LogP contribution in [0.15, 0.2) is 22.8 Å². The van der Waals surface area contributed by atoms with Gasteiger partial charge in [-0.05, 0) is 35.0 Å². The first kappa shape index (κ1) is 10.2. The lowest BCUT2D eigenvalue weighted by Crippen LogP contribution is -2.06. The predicted molar refractivity (Wildman–Crippen MR) is 59.8 cm³/mol. The van der Waals surface area contributed by atoms with E-state index in [0.717, 1.165) is 15.5 Å². The number of rotatable bonds is 2. The Kier molecular flexibility index (Phi) is 2.73. The highest BCUT2D eigenvalue weighted by molar-refractivity contribution is 9.10. The van der Waals surface area contributed by atoms with E-state index in [1.54, 1.807) is 25.3 Å². The van der Waals surface area contributed by atoms with Crippen LogP contribution >= 0.6 is 15.9 Å². The van der Waals surface area contributed by atoms with E-state index >= 15 is 0 Å². The van der Waals surface area contributed by atoms with Crippen molar-refractivity contribution in [3.8, 4) is 0 Å². The molecule has 4 nitrogen and oxygen atoms in total. The van der Waals surface area contributed by atoms with Crippen molar-refractivity contribution in [2.45, 2.75) is 6.92 Å². The third-order valence-corrected chi connectivity index (χ3v) is 2.56. The van der Waals surface area contributed by atoms with Gasteiger partial charge in [-0.25, -0.2) is 9.78 Å². The number of carbonyl (C=O) groups excluding carboxylic acids is 1. The lowest BCUT2D eigenvalue weighted by Gasteiger charge is -2.00. The summed E-state index contributed by atoms with van der Waals surface area (Å²) >= 11 is 3.34. The van der Waals surface area contributed by atoms with Gasteiger partial charge in [-0.15, -0.1) is 0 Å². The summed E-state index contributed by atoms with van der Waals surface area (Å²) < 4.78 is 5.70. The molecule has 0 atom stereocenters. The van der Waals surface area contributed by atoms with Gasteiger partial charge in [-0.1, -0.05) is 0 Å². The van der Waals surface area contributed by atoms with Crippen LogP contribution in [0.5, 0.6) is 0 Å². The van der Waals surface area contributed by atoms with E-state index in [0.29, 0.717) is 12.3 Å². The maximum Gasteiger partial charge on any atom is 0.356 e. The molecule has 0 aliphatic rings. The van der Waals surface area contributed by atoms with E-state index in [-0.39, 0.29) is 0 Å². The summed E-state index contributed by atoms with van der Waals surface area (Å²) in [4.78, 5) is 18.6. The molecule has 2 heterocycles. The fourth-order valence-corrected chi connectivity index (χ4v) is 1.70. The van der Waals surface area contributed by atoms with Gasteiger partial charge in [-0.3, -0.25) is 0 Å². The summed E-state index contributed by atoms with van der Waals surface area (Å²) in [5.74, 6) is -0.396. The van der Waals surface area contributed by atoms with E-state index in [1.165, 1.54) is 0 Å². The van der Waals surface area contributed by atoms with Crippen molar-refractivity contribution in [1.29, 1.82) is 0 Å². The molecule has 2 aromatic heterocycles. The van der Waals surface area contributed by atoms with Crippen molar-refractivity contribution in [3.05, 3.63) is 28.5 Å². The van der Waals surface area contributed by atoms with Crippen LogP contribution in [0.25, 0.3) is 11.0 Å². The van der Waals surface area contributed by atoms with Crippen LogP contribution in [0.4, 0.5) is 0 Å². The summed E-state index contributed by atoms with van der Waals surface area (Å²) in [5.41, 5.74) is 1.94. The number of hydrogen-bond acceptors (Lipinski definition) is 3. The molecule has 0 amide bonds. The zero-order valence-electron chi connectivity index (χ0n) is 8.08. The van der Waals surface area contributed by atoms with Crippen molar-refractivity contribution in [2.75, 3.05) is 6.61 Å². The molecule has 0 bridgehead atoms. The van der Waals surface area contributed by atoms with E-state index < -0.39 is 5.97 Å². The molecule has 0 radical (unpaired) electrons. The Morgan fingerprint density at radius 3 is 3.13 bits per heavy atom. The minimum absolute atomic E-state index is 0.324. The molecule has 0 aliphatic heterocycles. The van der Waals surface area contributed by atoms with Crippen LogP contribution in [0.3, 0.4) is 0 Å². The Labute approximate surface area is 94.8 Å². The SMILES string of the molecule is CCOC(=O)c1ccc2[nH]cc(Br)c2n1. The number of fused-ring (bicyclic) bond motifs is 1. The molecule has 0 aliphatic carbocycles. The average Bonchev–Trinajstić information content (AvgIpc) is 2.60. The first-order chi connectivity index (χ1) is 7.22. The van der Waals surface area contributed by atoms with Gasteiger partial charge in [0.15, 0.2) is 0 Å². The smallest absolute Gasteiger partial charge is 0.356 e. The lowest BCUT2D eigenvalue weighted by atomic mass is 10.3. The van der Waals surface area contributed by atoms with Gasteiger partial charge in [0.25, 0.3) is 0 Å². The second kappa shape index (κ2) is 4.02. The van der Waals surface area contributed by atoms with Gasteiger partial charge in [0.1, 0.15) is 11.2 Å². The second-order valence-corrected chi connectivity index (χ2v) is 3.80. The molecule has 1 N–H and O–H groups in total. The van der Waals surface area contributed by atoms with Crippen molar-refractivity contribution < 1.29 is 9.53 Å². The highest BCUT2D eigenvalue weighted by atomic mass is 79.9. The topological polar surface area (TPSA) is 55.0 Å². The van der Waals surface area contributed by atoms with Crippen LogP contribution in [0.1, 0.15) is 17.4 Å². The fourth-order valence-electron chi connectivity index (χ4n) is 1.29. The third kappa shape index (κ3) is 1.87. The first-order valence-corrected chi connectivity index (χ1v) is 5.32. The Morgan fingerprint density at radius 2 is 2.40 bits per heavy atom. The molecule has 0 saturated carbocycles. The van der Waals surface area contributed by atoms with Crippen molar-refractivity contribution in [3.63, 3.8) is 0 Å². The molecule has 78 valence electrons. The largest absolute Gasteiger partial charge is 0.461 e. The highest BCUT2D eigenvalue weighted by Gasteiger charge is 2.10. The Bertz CT molecular complexity index is 507. The zero-order chi connectivity index (χ0) is 10.8. The number of esters is 1. The van der Waals surface area contributed by atoms with Crippen molar-refractivity contribution in [1.82, 2.24) is 9.97 Å². The molecule has 15 heavy (non-hydrogen) atoms. The number of ether oxygens (including phenoxy) is 1. The normalized spacial score (nSPS) is 10.5. The monoisotopic (exact) mass is 268 g/mol. The van der Waals surface area contributed by atoms with Crippen LogP contribution < -0.4 is 0 Å². The lowest BCUT2D eigenvalue weighted by molar-refractivity contribution is 0.0520. The zero-order valence-corrected chi connectivity index (χ0v) is 9.67. The maximum atomic E-state index is 11.4.